The molecule has 3 rings (SSSR count). The molecule has 1 atom stereocenters. The van der Waals surface area contributed by atoms with E-state index in [0.29, 0.717) is 13.0 Å². The van der Waals surface area contributed by atoms with Gasteiger partial charge in [-0.2, -0.15) is 0 Å². The van der Waals surface area contributed by atoms with Crippen LogP contribution in [-0.4, -0.2) is 14.7 Å². The summed E-state index contributed by atoms with van der Waals surface area (Å²) < 4.78 is 2.91. The van der Waals surface area contributed by atoms with Crippen LogP contribution in [0.4, 0.5) is 0 Å². The lowest BCUT2D eigenvalue weighted by Crippen LogP contribution is -2.33. The Morgan fingerprint density at radius 1 is 1.05 bits per heavy atom. The minimum absolute atomic E-state index is 0.462. The lowest BCUT2D eigenvalue weighted by atomic mass is 9.87. The molecule has 0 radical (unpaired) electrons. The monoisotopic (exact) mass is 356 g/mol. The third-order valence-electron chi connectivity index (χ3n) is 3.72. The van der Waals surface area contributed by atoms with Crippen LogP contribution in [0.15, 0.2) is 77.8 Å². The summed E-state index contributed by atoms with van der Waals surface area (Å²) in [7, 11) is 0. The highest BCUT2D eigenvalue weighted by Crippen LogP contribution is 2.29. The summed E-state index contributed by atoms with van der Waals surface area (Å²) in [5, 5.41) is 11.3. The molecule has 112 valence electrons. The lowest BCUT2D eigenvalue weighted by molar-refractivity contribution is 0.0185. The molecule has 0 spiro atoms. The van der Waals surface area contributed by atoms with Crippen LogP contribution in [0.2, 0.25) is 0 Å². The second-order valence-electron chi connectivity index (χ2n) is 5.44. The van der Waals surface area contributed by atoms with Crippen LogP contribution >= 0.6 is 15.9 Å². The van der Waals surface area contributed by atoms with Gasteiger partial charge >= 0.3 is 0 Å². The van der Waals surface area contributed by atoms with Gasteiger partial charge in [-0.15, -0.1) is 0 Å². The van der Waals surface area contributed by atoms with Crippen LogP contribution < -0.4 is 0 Å². The molecule has 0 aliphatic heterocycles. The molecule has 0 fully saturated rings. The van der Waals surface area contributed by atoms with E-state index in [1.807, 2.05) is 65.4 Å². The minimum atomic E-state index is -0.983. The Morgan fingerprint density at radius 2 is 1.77 bits per heavy atom. The van der Waals surface area contributed by atoms with Crippen molar-refractivity contribution in [2.24, 2.45) is 0 Å². The molecule has 0 aliphatic carbocycles. The van der Waals surface area contributed by atoms with Crippen molar-refractivity contribution in [3.8, 4) is 0 Å². The zero-order valence-corrected chi connectivity index (χ0v) is 13.6. The fourth-order valence-corrected chi connectivity index (χ4v) is 2.89. The van der Waals surface area contributed by atoms with Crippen molar-refractivity contribution in [1.29, 1.82) is 0 Å². The van der Waals surface area contributed by atoms with Crippen LogP contribution in [0, 0.1) is 0 Å². The highest BCUT2D eigenvalue weighted by Gasteiger charge is 2.30. The molecule has 4 heteroatoms. The van der Waals surface area contributed by atoms with Gasteiger partial charge in [-0.05, 0) is 23.3 Å². The van der Waals surface area contributed by atoms with Crippen molar-refractivity contribution in [2.45, 2.75) is 18.6 Å². The summed E-state index contributed by atoms with van der Waals surface area (Å²) in [6.07, 6.45) is 5.88. The topological polar surface area (TPSA) is 38.0 Å². The predicted octanol–water partition coefficient (Wildman–Crippen LogP) is 3.78. The van der Waals surface area contributed by atoms with Gasteiger partial charge in [0.1, 0.15) is 5.60 Å². The van der Waals surface area contributed by atoms with Crippen molar-refractivity contribution >= 4 is 15.9 Å². The van der Waals surface area contributed by atoms with E-state index in [1.165, 1.54) is 0 Å². The second-order valence-corrected chi connectivity index (χ2v) is 6.35. The molecule has 1 N–H and O–H groups in total. The van der Waals surface area contributed by atoms with Crippen LogP contribution in [0.1, 0.15) is 11.1 Å². The van der Waals surface area contributed by atoms with Crippen LogP contribution in [0.3, 0.4) is 0 Å². The first-order valence-electron chi connectivity index (χ1n) is 7.14. The molecule has 3 nitrogen and oxygen atoms in total. The van der Waals surface area contributed by atoms with Crippen LogP contribution in [0.5, 0.6) is 0 Å². The van der Waals surface area contributed by atoms with Gasteiger partial charge in [0.15, 0.2) is 0 Å². The Bertz CT molecular complexity index is 711. The smallest absolute Gasteiger partial charge is 0.111 e. The van der Waals surface area contributed by atoms with Crippen molar-refractivity contribution in [2.75, 3.05) is 0 Å². The summed E-state index contributed by atoms with van der Waals surface area (Å²) >= 11 is 3.44. The lowest BCUT2D eigenvalue weighted by Gasteiger charge is -2.29. The summed E-state index contributed by atoms with van der Waals surface area (Å²) in [5.41, 5.74) is 1.02. The minimum Gasteiger partial charge on any atom is -0.383 e. The predicted molar refractivity (Wildman–Crippen MR) is 90.4 cm³/mol. The summed E-state index contributed by atoms with van der Waals surface area (Å²) in [5.74, 6) is 0. The Kier molecular flexibility index (Phi) is 4.41. The Labute approximate surface area is 138 Å². The summed E-state index contributed by atoms with van der Waals surface area (Å²) in [6, 6.07) is 17.9. The molecular weight excluding hydrogens is 340 g/mol. The Hall–Kier alpha value is -1.91. The molecule has 0 saturated heterocycles. The van der Waals surface area contributed by atoms with Crippen molar-refractivity contribution in [1.82, 2.24) is 9.55 Å². The average molecular weight is 357 g/mol. The summed E-state index contributed by atoms with van der Waals surface area (Å²) in [4.78, 5) is 4.07. The fourth-order valence-electron chi connectivity index (χ4n) is 2.63. The van der Waals surface area contributed by atoms with E-state index in [2.05, 4.69) is 20.9 Å². The van der Waals surface area contributed by atoms with Gasteiger partial charge in [0.2, 0.25) is 0 Å². The maximum atomic E-state index is 11.3. The van der Waals surface area contributed by atoms with E-state index in [-0.39, 0.29) is 0 Å². The van der Waals surface area contributed by atoms with Gasteiger partial charge in [0, 0.05) is 23.3 Å². The van der Waals surface area contributed by atoms with Gasteiger partial charge in [-0.25, -0.2) is 4.98 Å². The van der Waals surface area contributed by atoms with E-state index >= 15 is 0 Å². The number of aromatic nitrogens is 2. The number of imidazole rings is 1. The molecule has 1 unspecified atom stereocenters. The molecule has 22 heavy (non-hydrogen) atoms. The highest BCUT2D eigenvalue weighted by molar-refractivity contribution is 9.10. The Balaban J connectivity index is 1.95. The normalized spacial score (nSPS) is 13.7. The van der Waals surface area contributed by atoms with Crippen LogP contribution in [0.25, 0.3) is 0 Å². The van der Waals surface area contributed by atoms with Crippen molar-refractivity contribution < 1.29 is 5.11 Å². The number of nitrogens with zero attached hydrogens (tertiary/aromatic N) is 2. The SMILES string of the molecule is OC(Cc1ccccc1)(Cn1ccnc1)c1ccc(Br)cc1. The van der Waals surface area contributed by atoms with Crippen molar-refractivity contribution in [3.05, 3.63) is 88.9 Å². The average Bonchev–Trinajstić information content (AvgIpc) is 3.01. The quantitative estimate of drug-likeness (QED) is 0.755. The molecule has 0 amide bonds. The van der Waals surface area contributed by atoms with E-state index in [4.69, 9.17) is 0 Å². The first-order chi connectivity index (χ1) is 10.7. The zero-order chi connectivity index (χ0) is 15.4. The third-order valence-corrected chi connectivity index (χ3v) is 4.25. The maximum absolute atomic E-state index is 11.3. The van der Waals surface area contributed by atoms with Crippen LogP contribution in [-0.2, 0) is 18.6 Å². The molecule has 0 bridgehead atoms. The van der Waals surface area contributed by atoms with Gasteiger partial charge in [0.05, 0.1) is 12.9 Å². The van der Waals surface area contributed by atoms with Gasteiger partial charge in [-0.1, -0.05) is 58.4 Å². The number of rotatable bonds is 5. The van der Waals surface area contributed by atoms with E-state index < -0.39 is 5.60 Å². The third kappa shape index (κ3) is 3.46. The van der Waals surface area contributed by atoms with Crippen molar-refractivity contribution in [3.63, 3.8) is 0 Å². The fraction of sp³-hybridized carbons (Fsp3) is 0.167. The number of halogens is 1. The number of aliphatic hydroxyl groups is 1. The van der Waals surface area contributed by atoms with E-state index in [0.717, 1.165) is 15.6 Å². The first kappa shape index (κ1) is 15.0. The molecular formula is C18H17BrN2O. The van der Waals surface area contributed by atoms with E-state index in [1.54, 1.807) is 12.5 Å². The molecule has 1 aromatic heterocycles. The first-order valence-corrected chi connectivity index (χ1v) is 7.93. The second kappa shape index (κ2) is 6.46. The van der Waals surface area contributed by atoms with Gasteiger partial charge in [0.25, 0.3) is 0 Å². The van der Waals surface area contributed by atoms with Gasteiger partial charge in [-0.3, -0.25) is 0 Å². The maximum Gasteiger partial charge on any atom is 0.111 e. The largest absolute Gasteiger partial charge is 0.383 e. The Morgan fingerprint density at radius 3 is 2.41 bits per heavy atom. The van der Waals surface area contributed by atoms with E-state index in [9.17, 15) is 5.11 Å². The molecule has 1 heterocycles. The number of benzene rings is 2. The molecule has 0 saturated carbocycles. The molecule has 0 aliphatic rings. The highest BCUT2D eigenvalue weighted by atomic mass is 79.9. The van der Waals surface area contributed by atoms with Gasteiger partial charge < -0.3 is 9.67 Å². The summed E-state index contributed by atoms with van der Waals surface area (Å²) in [6.45, 7) is 0.462. The zero-order valence-electron chi connectivity index (χ0n) is 12.1. The molecule has 2 aromatic carbocycles. The number of hydrogen-bond acceptors (Lipinski definition) is 2. The number of hydrogen-bond donors (Lipinski definition) is 1. The molecule has 3 aromatic rings. The standard InChI is InChI=1S/C18H17BrN2O/c19-17-8-6-16(7-9-17)18(22,13-21-11-10-20-14-21)12-15-4-2-1-3-5-15/h1-11,14,22H,12-13H2.